The molecule has 0 radical (unpaired) electrons. The van der Waals surface area contributed by atoms with Crippen LogP contribution in [0.2, 0.25) is 0 Å². The van der Waals surface area contributed by atoms with Crippen LogP contribution in [-0.2, 0) is 4.79 Å². The van der Waals surface area contributed by atoms with Crippen LogP contribution in [0.15, 0.2) is 18.2 Å². The first-order valence-corrected chi connectivity index (χ1v) is 8.55. The Hall–Kier alpha value is -1.51. The largest absolute Gasteiger partial charge is 0.483 e. The predicted octanol–water partition coefficient (Wildman–Crippen LogP) is 3.80. The van der Waals surface area contributed by atoms with Crippen LogP contribution < -0.4 is 10.1 Å². The molecule has 3 atom stereocenters. The molecule has 0 heterocycles. The van der Waals surface area contributed by atoms with Crippen molar-refractivity contribution in [1.82, 2.24) is 5.32 Å². The molecule has 1 aromatic carbocycles. The summed E-state index contributed by atoms with van der Waals surface area (Å²) in [6.45, 7) is 6.46. The van der Waals surface area contributed by atoms with Crippen LogP contribution in [0.4, 0.5) is 0 Å². The Morgan fingerprint density at radius 2 is 2.14 bits per heavy atom. The summed E-state index contributed by atoms with van der Waals surface area (Å²) in [5, 5.41) is 3.18. The van der Waals surface area contributed by atoms with Gasteiger partial charge in [-0.05, 0) is 61.1 Å². The van der Waals surface area contributed by atoms with E-state index >= 15 is 0 Å². The zero-order valence-corrected chi connectivity index (χ0v) is 13.9. The number of ether oxygens (including phenoxy) is 1. The van der Waals surface area contributed by atoms with Gasteiger partial charge in [-0.15, -0.1) is 0 Å². The number of carbonyl (C=O) groups is 1. The normalized spacial score (nSPS) is 26.5. The summed E-state index contributed by atoms with van der Waals surface area (Å²) in [5.74, 6) is 2.82. The van der Waals surface area contributed by atoms with Gasteiger partial charge in [-0.1, -0.05) is 32.4 Å². The monoisotopic (exact) mass is 301 g/mol. The zero-order valence-electron chi connectivity index (χ0n) is 13.9. The Bertz CT molecular complexity index is 552. The van der Waals surface area contributed by atoms with Crippen LogP contribution in [0.25, 0.3) is 0 Å². The highest BCUT2D eigenvalue weighted by Crippen LogP contribution is 2.44. The van der Waals surface area contributed by atoms with Gasteiger partial charge in [0.05, 0.1) is 0 Å². The van der Waals surface area contributed by atoms with Crippen molar-refractivity contribution >= 4 is 5.91 Å². The number of amides is 1. The molecule has 3 nitrogen and oxygen atoms in total. The van der Waals surface area contributed by atoms with Gasteiger partial charge in [0, 0.05) is 6.04 Å². The minimum absolute atomic E-state index is 0.0220. The fourth-order valence-corrected chi connectivity index (χ4v) is 4.06. The van der Waals surface area contributed by atoms with E-state index in [1.165, 1.54) is 24.8 Å². The Morgan fingerprint density at radius 1 is 1.32 bits per heavy atom. The molecule has 2 saturated carbocycles. The fraction of sp³-hybridized carbons (Fsp3) is 0.632. The number of benzene rings is 1. The number of carbonyl (C=O) groups excluding carboxylic acids is 1. The highest BCUT2D eigenvalue weighted by atomic mass is 16.5. The molecule has 1 amide bonds. The van der Waals surface area contributed by atoms with Gasteiger partial charge < -0.3 is 10.1 Å². The summed E-state index contributed by atoms with van der Waals surface area (Å²) < 4.78 is 5.82. The van der Waals surface area contributed by atoms with Gasteiger partial charge in [-0.25, -0.2) is 0 Å². The third kappa shape index (κ3) is 3.29. The van der Waals surface area contributed by atoms with Crippen molar-refractivity contribution in [3.05, 3.63) is 29.3 Å². The molecule has 2 fully saturated rings. The number of nitrogens with one attached hydrogen (secondary N) is 1. The van der Waals surface area contributed by atoms with Gasteiger partial charge >= 0.3 is 0 Å². The van der Waals surface area contributed by atoms with Crippen LogP contribution in [0.1, 0.15) is 56.6 Å². The zero-order chi connectivity index (χ0) is 15.7. The standard InChI is InChI=1S/C19H27NO2/c1-12(2)16-7-4-13(3)8-18(16)22-11-19(21)20-17-10-14-5-6-15(17)9-14/h4,7-8,12,14-15,17H,5-6,9-11H2,1-3H3,(H,20,21)/t14-,15+,17+/m0/s1. The van der Waals surface area contributed by atoms with Gasteiger partial charge in [-0.2, -0.15) is 0 Å². The third-order valence-corrected chi connectivity index (χ3v) is 5.23. The molecule has 2 aliphatic carbocycles. The van der Waals surface area contributed by atoms with Gasteiger partial charge in [0.15, 0.2) is 6.61 Å². The second kappa shape index (κ2) is 6.31. The molecule has 1 aromatic rings. The SMILES string of the molecule is Cc1ccc(C(C)C)c(OCC(=O)N[C@@H]2C[C@H]3CC[C@@H]2C3)c1. The number of rotatable bonds is 5. The van der Waals surface area contributed by atoms with Crippen molar-refractivity contribution in [2.24, 2.45) is 11.8 Å². The minimum atomic E-state index is 0.0220. The van der Waals surface area contributed by atoms with Crippen molar-refractivity contribution in [3.8, 4) is 5.75 Å². The molecule has 0 aromatic heterocycles. The average molecular weight is 301 g/mol. The molecular formula is C19H27NO2. The lowest BCUT2D eigenvalue weighted by molar-refractivity contribution is -0.124. The molecule has 0 saturated heterocycles. The van der Waals surface area contributed by atoms with Crippen molar-refractivity contribution in [2.45, 2.75) is 58.4 Å². The van der Waals surface area contributed by atoms with E-state index in [4.69, 9.17) is 4.74 Å². The average Bonchev–Trinajstić information content (AvgIpc) is 3.07. The lowest BCUT2D eigenvalue weighted by Crippen LogP contribution is -2.41. The van der Waals surface area contributed by atoms with Crippen molar-refractivity contribution in [2.75, 3.05) is 6.61 Å². The summed E-state index contributed by atoms with van der Waals surface area (Å²) in [4.78, 5) is 12.2. The quantitative estimate of drug-likeness (QED) is 0.898. The lowest BCUT2D eigenvalue weighted by atomic mass is 9.95. The minimum Gasteiger partial charge on any atom is -0.483 e. The molecule has 3 heteroatoms. The maximum Gasteiger partial charge on any atom is 0.258 e. The number of hydrogen-bond donors (Lipinski definition) is 1. The van der Waals surface area contributed by atoms with E-state index in [0.717, 1.165) is 23.7 Å². The van der Waals surface area contributed by atoms with E-state index in [9.17, 15) is 4.79 Å². The summed E-state index contributed by atoms with van der Waals surface area (Å²) >= 11 is 0. The van der Waals surface area contributed by atoms with Crippen LogP contribution in [0, 0.1) is 18.8 Å². The number of aryl methyl sites for hydroxylation is 1. The summed E-state index contributed by atoms with van der Waals surface area (Å²) in [6.07, 6.45) is 5.11. The van der Waals surface area contributed by atoms with Crippen molar-refractivity contribution in [1.29, 1.82) is 0 Å². The highest BCUT2D eigenvalue weighted by molar-refractivity contribution is 5.78. The first kappa shape index (κ1) is 15.4. The van der Waals surface area contributed by atoms with Crippen LogP contribution in [0.3, 0.4) is 0 Å². The number of fused-ring (bicyclic) bond motifs is 2. The third-order valence-electron chi connectivity index (χ3n) is 5.23. The molecule has 120 valence electrons. The summed E-state index contributed by atoms with van der Waals surface area (Å²) in [6, 6.07) is 6.61. The Morgan fingerprint density at radius 3 is 2.77 bits per heavy atom. The van der Waals surface area contributed by atoms with Crippen molar-refractivity contribution in [3.63, 3.8) is 0 Å². The van der Waals surface area contributed by atoms with E-state index < -0.39 is 0 Å². The van der Waals surface area contributed by atoms with Crippen LogP contribution in [-0.4, -0.2) is 18.6 Å². The first-order valence-electron chi connectivity index (χ1n) is 8.55. The van der Waals surface area contributed by atoms with E-state index in [2.05, 4.69) is 31.3 Å². The Kier molecular flexibility index (Phi) is 4.42. The van der Waals surface area contributed by atoms with E-state index in [1.54, 1.807) is 0 Å². The molecular weight excluding hydrogens is 274 g/mol. The highest BCUT2D eigenvalue weighted by Gasteiger charge is 2.40. The molecule has 0 aliphatic heterocycles. The van der Waals surface area contributed by atoms with Gasteiger partial charge in [0.2, 0.25) is 0 Å². The molecule has 22 heavy (non-hydrogen) atoms. The van der Waals surface area contributed by atoms with E-state index in [1.807, 2.05) is 13.0 Å². The first-order chi connectivity index (χ1) is 10.5. The molecule has 3 rings (SSSR count). The van der Waals surface area contributed by atoms with E-state index in [0.29, 0.717) is 17.9 Å². The van der Waals surface area contributed by atoms with Gasteiger partial charge in [0.25, 0.3) is 5.91 Å². The fourth-order valence-electron chi connectivity index (χ4n) is 4.06. The number of hydrogen-bond acceptors (Lipinski definition) is 2. The predicted molar refractivity (Wildman–Crippen MR) is 88.1 cm³/mol. The topological polar surface area (TPSA) is 38.3 Å². The van der Waals surface area contributed by atoms with E-state index in [-0.39, 0.29) is 12.5 Å². The maximum atomic E-state index is 12.2. The second-order valence-corrected chi connectivity index (χ2v) is 7.33. The molecule has 2 bridgehead atoms. The van der Waals surface area contributed by atoms with Crippen LogP contribution >= 0.6 is 0 Å². The maximum absolute atomic E-state index is 12.2. The molecule has 0 spiro atoms. The molecule has 0 unspecified atom stereocenters. The molecule has 1 N–H and O–H groups in total. The summed E-state index contributed by atoms with van der Waals surface area (Å²) in [7, 11) is 0. The second-order valence-electron chi connectivity index (χ2n) is 7.33. The Balaban J connectivity index is 1.56. The van der Waals surface area contributed by atoms with Gasteiger partial charge in [-0.3, -0.25) is 4.79 Å². The smallest absolute Gasteiger partial charge is 0.258 e. The van der Waals surface area contributed by atoms with Crippen LogP contribution in [0.5, 0.6) is 5.75 Å². The molecule has 2 aliphatic rings. The Labute approximate surface area is 133 Å². The van der Waals surface area contributed by atoms with Gasteiger partial charge in [0.1, 0.15) is 5.75 Å². The lowest BCUT2D eigenvalue weighted by Gasteiger charge is -2.23. The summed E-state index contributed by atoms with van der Waals surface area (Å²) in [5.41, 5.74) is 2.33. The van der Waals surface area contributed by atoms with Crippen molar-refractivity contribution < 1.29 is 9.53 Å².